The van der Waals surface area contributed by atoms with Gasteiger partial charge in [-0.15, -0.1) is 0 Å². The smallest absolute Gasteiger partial charge is 0.0554 e. The maximum atomic E-state index is 3.72. The van der Waals surface area contributed by atoms with Crippen LogP contribution < -0.4 is 10.6 Å². The molecule has 0 spiro atoms. The predicted octanol–water partition coefficient (Wildman–Crippen LogP) is 6.54. The van der Waals surface area contributed by atoms with Crippen LogP contribution in [0.2, 0.25) is 0 Å². The molecule has 3 aromatic rings. The highest BCUT2D eigenvalue weighted by Gasteiger charge is 2.17. The third kappa shape index (κ3) is 3.45. The van der Waals surface area contributed by atoms with Crippen molar-refractivity contribution in [3.8, 4) is 0 Å². The molecule has 3 aromatic carbocycles. The zero-order valence-corrected chi connectivity index (χ0v) is 15.5. The molecule has 0 saturated heterocycles. The second-order valence-corrected chi connectivity index (χ2v) is 7.17. The third-order valence-corrected chi connectivity index (χ3v) is 5.02. The average molecular weight is 342 g/mol. The molecule has 4 rings (SSSR count). The van der Waals surface area contributed by atoms with Gasteiger partial charge in [0.25, 0.3) is 0 Å². The number of fused-ring (bicyclic) bond motifs is 2. The Bertz CT molecular complexity index is 956. The molecule has 1 aliphatic carbocycles. The molecule has 0 bridgehead atoms. The van der Waals surface area contributed by atoms with E-state index in [0.29, 0.717) is 6.04 Å². The first-order chi connectivity index (χ1) is 12.7. The Kier molecular flexibility index (Phi) is 4.66. The van der Waals surface area contributed by atoms with Crippen LogP contribution in [0, 0.1) is 6.92 Å². The lowest BCUT2D eigenvalue weighted by Crippen LogP contribution is -2.13. The summed E-state index contributed by atoms with van der Waals surface area (Å²) in [7, 11) is 0. The van der Waals surface area contributed by atoms with E-state index in [2.05, 4.69) is 91.2 Å². The van der Waals surface area contributed by atoms with Crippen molar-refractivity contribution in [1.29, 1.82) is 0 Å². The van der Waals surface area contributed by atoms with E-state index in [1.54, 1.807) is 0 Å². The molecule has 0 aromatic heterocycles. The molecule has 1 aliphatic rings. The summed E-state index contributed by atoms with van der Waals surface area (Å²) in [6.45, 7) is 5.34. The topological polar surface area (TPSA) is 24.1 Å². The fourth-order valence-electron chi connectivity index (χ4n) is 3.69. The van der Waals surface area contributed by atoms with Gasteiger partial charge in [-0.3, -0.25) is 0 Å². The van der Waals surface area contributed by atoms with E-state index in [1.807, 2.05) is 0 Å². The summed E-state index contributed by atoms with van der Waals surface area (Å²) in [4.78, 5) is 0. The van der Waals surface area contributed by atoms with E-state index < -0.39 is 0 Å². The molecule has 2 heteroatoms. The Labute approximate surface area is 155 Å². The number of hydrogen-bond acceptors (Lipinski definition) is 2. The van der Waals surface area contributed by atoms with Crippen LogP contribution in [0.5, 0.6) is 0 Å². The van der Waals surface area contributed by atoms with Gasteiger partial charge in [-0.1, -0.05) is 37.3 Å². The van der Waals surface area contributed by atoms with Crippen LogP contribution in [0.25, 0.3) is 16.8 Å². The van der Waals surface area contributed by atoms with E-state index in [9.17, 15) is 0 Å². The molecule has 0 aliphatic heterocycles. The highest BCUT2D eigenvalue weighted by molar-refractivity contribution is 5.89. The van der Waals surface area contributed by atoms with Gasteiger partial charge in [0.05, 0.1) is 6.04 Å². The van der Waals surface area contributed by atoms with Crippen LogP contribution in [0.3, 0.4) is 0 Å². The zero-order valence-electron chi connectivity index (χ0n) is 15.5. The average Bonchev–Trinajstić information content (AvgIpc) is 2.65. The summed E-state index contributed by atoms with van der Waals surface area (Å²) < 4.78 is 0. The Morgan fingerprint density at radius 1 is 0.962 bits per heavy atom. The van der Waals surface area contributed by atoms with E-state index in [1.165, 1.54) is 38.8 Å². The summed E-state index contributed by atoms with van der Waals surface area (Å²) in [5.41, 5.74) is 6.38. The highest BCUT2D eigenvalue weighted by atomic mass is 14.9. The van der Waals surface area contributed by atoms with Gasteiger partial charge in [0.2, 0.25) is 0 Å². The fourth-order valence-corrected chi connectivity index (χ4v) is 3.69. The van der Waals surface area contributed by atoms with E-state index >= 15 is 0 Å². The van der Waals surface area contributed by atoms with Gasteiger partial charge in [-0.25, -0.2) is 0 Å². The van der Waals surface area contributed by atoms with Crippen LogP contribution in [0.1, 0.15) is 42.5 Å². The van der Waals surface area contributed by atoms with Crippen molar-refractivity contribution in [1.82, 2.24) is 0 Å². The van der Waals surface area contributed by atoms with Gasteiger partial charge in [0.1, 0.15) is 0 Å². The molecule has 26 heavy (non-hydrogen) atoms. The Morgan fingerprint density at radius 2 is 1.88 bits per heavy atom. The molecule has 0 amide bonds. The minimum absolute atomic E-state index is 0.313. The molecule has 0 radical (unpaired) electrons. The van der Waals surface area contributed by atoms with Crippen molar-refractivity contribution in [2.24, 2.45) is 0 Å². The standard InChI is InChI=1S/C24H26N2/c1-3-12-25-21-11-10-18-14-19-7-5-9-24(23(19)16-20(18)15-21)26-22-8-4-6-17(2)13-22/h4-8,10-11,13-16,24-26H,3,9,12H2,1-2H3. The van der Waals surface area contributed by atoms with Crippen LogP contribution in [0.15, 0.2) is 60.7 Å². The van der Waals surface area contributed by atoms with Crippen LogP contribution in [-0.4, -0.2) is 6.54 Å². The van der Waals surface area contributed by atoms with Gasteiger partial charge in [-0.2, -0.15) is 0 Å². The lowest BCUT2D eigenvalue weighted by Gasteiger charge is -2.25. The zero-order chi connectivity index (χ0) is 17.9. The van der Waals surface area contributed by atoms with Crippen molar-refractivity contribution < 1.29 is 0 Å². The number of aryl methyl sites for hydroxylation is 1. The minimum atomic E-state index is 0.313. The SMILES string of the molecule is CCCNc1ccc2cc3c(cc2c1)C(Nc1cccc(C)c1)CC=C3. The number of hydrogen-bond donors (Lipinski definition) is 2. The number of nitrogens with one attached hydrogen (secondary N) is 2. The lowest BCUT2D eigenvalue weighted by molar-refractivity contribution is 0.790. The Balaban J connectivity index is 1.69. The van der Waals surface area contributed by atoms with Gasteiger partial charge < -0.3 is 10.6 Å². The van der Waals surface area contributed by atoms with Crippen molar-refractivity contribution in [3.05, 3.63) is 77.4 Å². The molecule has 0 saturated carbocycles. The summed E-state index contributed by atoms with van der Waals surface area (Å²) in [6, 6.07) is 20.3. The monoisotopic (exact) mass is 342 g/mol. The maximum Gasteiger partial charge on any atom is 0.0554 e. The Hall–Kier alpha value is -2.74. The first kappa shape index (κ1) is 16.7. The van der Waals surface area contributed by atoms with Crippen molar-refractivity contribution in [2.45, 2.75) is 32.7 Å². The summed E-state index contributed by atoms with van der Waals surface area (Å²) >= 11 is 0. The molecule has 1 unspecified atom stereocenters. The normalized spacial score (nSPS) is 15.7. The first-order valence-electron chi connectivity index (χ1n) is 9.54. The quantitative estimate of drug-likeness (QED) is 0.550. The van der Waals surface area contributed by atoms with Gasteiger partial charge >= 0.3 is 0 Å². The van der Waals surface area contributed by atoms with Crippen molar-refractivity contribution >= 4 is 28.2 Å². The molecule has 0 fully saturated rings. The fraction of sp³-hybridized carbons (Fsp3) is 0.250. The molecular formula is C24H26N2. The second kappa shape index (κ2) is 7.25. The third-order valence-electron chi connectivity index (χ3n) is 5.02. The largest absolute Gasteiger partial charge is 0.385 e. The molecule has 132 valence electrons. The second-order valence-electron chi connectivity index (χ2n) is 7.17. The molecule has 0 heterocycles. The highest BCUT2D eigenvalue weighted by Crippen LogP contribution is 2.34. The van der Waals surface area contributed by atoms with E-state index in [4.69, 9.17) is 0 Å². The summed E-state index contributed by atoms with van der Waals surface area (Å²) in [5, 5.41) is 9.82. The van der Waals surface area contributed by atoms with Crippen molar-refractivity contribution in [2.75, 3.05) is 17.2 Å². The number of benzene rings is 3. The molecule has 2 N–H and O–H groups in total. The van der Waals surface area contributed by atoms with Gasteiger partial charge in [-0.05, 0) is 83.6 Å². The Morgan fingerprint density at radius 3 is 2.73 bits per heavy atom. The predicted molar refractivity (Wildman–Crippen MR) is 114 cm³/mol. The molecule has 1 atom stereocenters. The number of anilines is 2. The van der Waals surface area contributed by atoms with Crippen LogP contribution in [0.4, 0.5) is 11.4 Å². The summed E-state index contributed by atoms with van der Waals surface area (Å²) in [5.74, 6) is 0. The van der Waals surface area contributed by atoms with Gasteiger partial charge in [0, 0.05) is 17.9 Å². The maximum absolute atomic E-state index is 3.72. The van der Waals surface area contributed by atoms with Gasteiger partial charge in [0.15, 0.2) is 0 Å². The van der Waals surface area contributed by atoms with Crippen LogP contribution in [-0.2, 0) is 0 Å². The minimum Gasteiger partial charge on any atom is -0.385 e. The summed E-state index contributed by atoms with van der Waals surface area (Å²) in [6.07, 6.45) is 6.68. The lowest BCUT2D eigenvalue weighted by atomic mass is 9.89. The van der Waals surface area contributed by atoms with Crippen molar-refractivity contribution in [3.63, 3.8) is 0 Å². The molecular weight excluding hydrogens is 316 g/mol. The first-order valence-corrected chi connectivity index (χ1v) is 9.54. The van der Waals surface area contributed by atoms with E-state index in [-0.39, 0.29) is 0 Å². The number of rotatable bonds is 5. The van der Waals surface area contributed by atoms with E-state index in [0.717, 1.165) is 19.4 Å². The van der Waals surface area contributed by atoms with Crippen LogP contribution >= 0.6 is 0 Å². The molecule has 2 nitrogen and oxygen atoms in total.